The first-order valence-corrected chi connectivity index (χ1v) is 19.2. The Balaban J connectivity index is 0.974. The van der Waals surface area contributed by atoms with Crippen molar-refractivity contribution in [1.29, 1.82) is 0 Å². The number of nitrogens with zero attached hydrogens (tertiary/aromatic N) is 3. The van der Waals surface area contributed by atoms with Gasteiger partial charge < -0.3 is 15.2 Å². The molecule has 0 unspecified atom stereocenters. The smallest absolute Gasteiger partial charge is 0.169 e. The summed E-state index contributed by atoms with van der Waals surface area (Å²) in [6.45, 7) is 0. The number of aliphatic imine (C=N–C) groups is 2. The number of nitrogens with one attached hydrogen (secondary N) is 2. The third-order valence-corrected chi connectivity index (χ3v) is 10.7. The number of aromatic nitrogens is 1. The van der Waals surface area contributed by atoms with Gasteiger partial charge in [-0.1, -0.05) is 140 Å². The molecule has 0 fully saturated rings. The highest BCUT2D eigenvalue weighted by Gasteiger charge is 2.22. The van der Waals surface area contributed by atoms with Crippen LogP contribution in [0.5, 0.6) is 0 Å². The summed E-state index contributed by atoms with van der Waals surface area (Å²) in [7, 11) is 0. The SMILES string of the molecule is C1=Cc2c(c3cc(-c4cccc(-c5ccccc5Nc5cccc(C6N=C(c7ccccc7)NC(c7ccccc7)=N6)c5)c4)ccc3n2-c2ccccc2)CC1. The molecule has 0 bridgehead atoms. The Morgan fingerprint density at radius 1 is 0.554 bits per heavy atom. The minimum absolute atomic E-state index is 0.404. The zero-order valence-corrected chi connectivity index (χ0v) is 30.8. The van der Waals surface area contributed by atoms with Gasteiger partial charge in [0.2, 0.25) is 0 Å². The highest BCUT2D eigenvalue weighted by atomic mass is 15.2. The number of amidine groups is 2. The van der Waals surface area contributed by atoms with Crippen LogP contribution in [0, 0.1) is 0 Å². The van der Waals surface area contributed by atoms with Gasteiger partial charge in [0, 0.05) is 50.4 Å². The first kappa shape index (κ1) is 33.3. The van der Waals surface area contributed by atoms with E-state index >= 15 is 0 Å². The van der Waals surface area contributed by atoms with Crippen LogP contribution in [-0.2, 0) is 6.42 Å². The van der Waals surface area contributed by atoms with Crippen LogP contribution in [0.2, 0.25) is 0 Å². The molecular formula is C51H39N5. The van der Waals surface area contributed by atoms with E-state index in [9.17, 15) is 0 Å². The summed E-state index contributed by atoms with van der Waals surface area (Å²) >= 11 is 0. The zero-order chi connectivity index (χ0) is 37.3. The van der Waals surface area contributed by atoms with Gasteiger partial charge in [0.15, 0.2) is 6.17 Å². The van der Waals surface area contributed by atoms with E-state index in [1.54, 1.807) is 0 Å². The van der Waals surface area contributed by atoms with Crippen LogP contribution < -0.4 is 10.6 Å². The van der Waals surface area contributed by atoms with E-state index in [-0.39, 0.29) is 0 Å². The molecule has 56 heavy (non-hydrogen) atoms. The molecule has 2 aliphatic rings. The minimum atomic E-state index is -0.404. The molecule has 1 aromatic heterocycles. The predicted molar refractivity (Wildman–Crippen MR) is 233 cm³/mol. The van der Waals surface area contributed by atoms with E-state index in [1.807, 2.05) is 36.4 Å². The van der Waals surface area contributed by atoms with Gasteiger partial charge in [-0.3, -0.25) is 0 Å². The maximum absolute atomic E-state index is 5.09. The Kier molecular flexibility index (Phi) is 8.65. The lowest BCUT2D eigenvalue weighted by Crippen LogP contribution is -2.35. The second-order valence-electron chi connectivity index (χ2n) is 14.3. The maximum Gasteiger partial charge on any atom is 0.169 e. The monoisotopic (exact) mass is 721 g/mol. The molecule has 5 heteroatoms. The molecule has 7 aromatic carbocycles. The second kappa shape index (κ2) is 14.5. The predicted octanol–water partition coefficient (Wildman–Crippen LogP) is 12.2. The second-order valence-corrected chi connectivity index (χ2v) is 14.3. The number of hydrogen-bond donors (Lipinski definition) is 2. The number of para-hydroxylation sites is 2. The average molecular weight is 722 g/mol. The van der Waals surface area contributed by atoms with Crippen LogP contribution in [0.4, 0.5) is 11.4 Å². The van der Waals surface area contributed by atoms with Crippen LogP contribution in [0.3, 0.4) is 0 Å². The summed E-state index contributed by atoms with van der Waals surface area (Å²) in [5, 5.41) is 8.57. The number of hydrogen-bond acceptors (Lipinski definition) is 4. The Bertz CT molecular complexity index is 2740. The minimum Gasteiger partial charge on any atom is -0.355 e. The first-order chi connectivity index (χ1) is 27.7. The largest absolute Gasteiger partial charge is 0.355 e. The molecule has 1 aliphatic carbocycles. The molecule has 0 spiro atoms. The fraction of sp³-hybridized carbons (Fsp3) is 0.0588. The van der Waals surface area contributed by atoms with E-state index in [1.165, 1.54) is 39.0 Å². The lowest BCUT2D eigenvalue weighted by atomic mass is 9.95. The molecule has 5 nitrogen and oxygen atoms in total. The van der Waals surface area contributed by atoms with Crippen LogP contribution in [0.1, 0.15) is 40.5 Å². The number of allylic oxidation sites excluding steroid dienone is 1. The zero-order valence-electron chi connectivity index (χ0n) is 30.8. The maximum atomic E-state index is 5.09. The van der Waals surface area contributed by atoms with E-state index in [0.29, 0.717) is 0 Å². The molecule has 0 radical (unpaired) electrons. The van der Waals surface area contributed by atoms with Crippen molar-refractivity contribution in [1.82, 2.24) is 9.88 Å². The van der Waals surface area contributed by atoms with Crippen molar-refractivity contribution in [3.05, 3.63) is 216 Å². The van der Waals surface area contributed by atoms with Gasteiger partial charge in [0.05, 0.1) is 5.52 Å². The highest BCUT2D eigenvalue weighted by molar-refractivity contribution is 6.15. The number of benzene rings is 7. The molecule has 0 saturated carbocycles. The molecule has 0 saturated heterocycles. The molecule has 1 aliphatic heterocycles. The summed E-state index contributed by atoms with van der Waals surface area (Å²) in [6, 6.07) is 64.0. The normalized spacial score (nSPS) is 13.8. The van der Waals surface area contributed by atoms with E-state index in [0.717, 1.165) is 63.7 Å². The van der Waals surface area contributed by atoms with Gasteiger partial charge in [0.1, 0.15) is 11.7 Å². The molecule has 268 valence electrons. The summed E-state index contributed by atoms with van der Waals surface area (Å²) < 4.78 is 2.41. The number of anilines is 2. The van der Waals surface area contributed by atoms with Gasteiger partial charge in [-0.05, 0) is 89.7 Å². The van der Waals surface area contributed by atoms with Gasteiger partial charge >= 0.3 is 0 Å². The Labute approximate surface area is 327 Å². The van der Waals surface area contributed by atoms with E-state index in [4.69, 9.17) is 9.98 Å². The third kappa shape index (κ3) is 6.39. The van der Waals surface area contributed by atoms with Crippen LogP contribution in [0.25, 0.3) is 44.9 Å². The van der Waals surface area contributed by atoms with Crippen molar-refractivity contribution >= 4 is 40.0 Å². The number of aryl methyl sites for hydroxylation is 1. The fourth-order valence-electron chi connectivity index (χ4n) is 8.00. The topological polar surface area (TPSA) is 53.7 Å². The summed E-state index contributed by atoms with van der Waals surface area (Å²) in [5.41, 5.74) is 14.9. The summed E-state index contributed by atoms with van der Waals surface area (Å²) in [6.07, 6.45) is 6.30. The van der Waals surface area contributed by atoms with Crippen molar-refractivity contribution in [2.75, 3.05) is 5.32 Å². The Hall–Kier alpha value is -7.24. The lowest BCUT2D eigenvalue weighted by Gasteiger charge is -2.23. The van der Waals surface area contributed by atoms with E-state index in [2.05, 4.69) is 173 Å². The molecule has 2 heterocycles. The first-order valence-electron chi connectivity index (χ1n) is 19.2. The van der Waals surface area contributed by atoms with Gasteiger partial charge in [-0.2, -0.15) is 0 Å². The van der Waals surface area contributed by atoms with E-state index < -0.39 is 6.17 Å². The molecule has 8 aromatic rings. The third-order valence-electron chi connectivity index (χ3n) is 10.7. The van der Waals surface area contributed by atoms with Gasteiger partial charge in [-0.15, -0.1) is 0 Å². The molecular weight excluding hydrogens is 683 g/mol. The van der Waals surface area contributed by atoms with Crippen molar-refractivity contribution in [2.45, 2.75) is 19.0 Å². The van der Waals surface area contributed by atoms with Crippen molar-refractivity contribution in [2.24, 2.45) is 9.98 Å². The van der Waals surface area contributed by atoms with Crippen LogP contribution in [0.15, 0.2) is 198 Å². The highest BCUT2D eigenvalue weighted by Crippen LogP contribution is 2.38. The number of fused-ring (bicyclic) bond motifs is 3. The van der Waals surface area contributed by atoms with Gasteiger partial charge in [0.25, 0.3) is 0 Å². The summed E-state index contributed by atoms with van der Waals surface area (Å²) in [4.78, 5) is 10.2. The Morgan fingerprint density at radius 3 is 1.96 bits per heavy atom. The fourth-order valence-corrected chi connectivity index (χ4v) is 8.00. The Morgan fingerprint density at radius 2 is 1.20 bits per heavy atom. The number of rotatable bonds is 8. The van der Waals surface area contributed by atoms with Crippen molar-refractivity contribution in [3.8, 4) is 27.9 Å². The van der Waals surface area contributed by atoms with Crippen LogP contribution in [-0.4, -0.2) is 16.2 Å². The average Bonchev–Trinajstić information content (AvgIpc) is 3.61. The van der Waals surface area contributed by atoms with Crippen molar-refractivity contribution < 1.29 is 0 Å². The summed E-state index contributed by atoms with van der Waals surface area (Å²) in [5.74, 6) is 1.61. The molecule has 0 atom stereocenters. The quantitative estimate of drug-likeness (QED) is 0.164. The molecule has 10 rings (SSSR count). The van der Waals surface area contributed by atoms with Crippen molar-refractivity contribution in [3.63, 3.8) is 0 Å². The molecule has 0 amide bonds. The van der Waals surface area contributed by atoms with Gasteiger partial charge in [-0.25, -0.2) is 9.98 Å². The molecule has 2 N–H and O–H groups in total. The lowest BCUT2D eigenvalue weighted by molar-refractivity contribution is 0.756. The van der Waals surface area contributed by atoms with Crippen LogP contribution >= 0.6 is 0 Å². The standard InChI is InChI=1S/C51H39N5/c1-4-16-35(17-5-1)49-53-50(36-18-6-2-7-19-36)55-51(54-49)40-22-15-23-41(33-40)52-46-28-12-10-26-43(46)39-21-14-20-37(32-39)38-30-31-48-45(34-38)44-27-11-13-29-47(44)56(48)42-24-8-3-9-25-42/h1-10,12-26,28-34,51-52H,11,27H2,(H,53,54,55).